The van der Waals surface area contributed by atoms with Crippen LogP contribution < -0.4 is 5.32 Å². The Labute approximate surface area is 149 Å². The van der Waals surface area contributed by atoms with Gasteiger partial charge in [-0.15, -0.1) is 0 Å². The fourth-order valence-corrected chi connectivity index (χ4v) is 3.53. The lowest BCUT2D eigenvalue weighted by molar-refractivity contribution is 0.0919. The zero-order valence-corrected chi connectivity index (χ0v) is 15.3. The molecule has 2 aromatic rings. The van der Waals surface area contributed by atoms with Crippen molar-refractivity contribution in [2.45, 2.75) is 39.7 Å². The molecule has 2 aromatic heterocycles. The van der Waals surface area contributed by atoms with Crippen molar-refractivity contribution in [3.63, 3.8) is 0 Å². The number of carbonyl (C=O) groups excluding carboxylic acids is 1. The van der Waals surface area contributed by atoms with Gasteiger partial charge >= 0.3 is 0 Å². The molecule has 0 aliphatic carbocycles. The molecule has 6 heteroatoms. The molecule has 0 aromatic carbocycles. The number of nitrogens with one attached hydrogen (secondary N) is 1. The summed E-state index contributed by atoms with van der Waals surface area (Å²) < 4.78 is 1.70. The number of likely N-dealkylation sites (tertiary alicyclic amines) is 1. The molecule has 0 spiro atoms. The molecule has 1 fully saturated rings. The van der Waals surface area contributed by atoms with Crippen LogP contribution in [0.1, 0.15) is 42.7 Å². The van der Waals surface area contributed by atoms with E-state index < -0.39 is 0 Å². The summed E-state index contributed by atoms with van der Waals surface area (Å²) in [7, 11) is 0. The number of rotatable bonds is 5. The number of hydrogen-bond donors (Lipinski definition) is 1. The Bertz CT molecular complexity index is 712. The van der Waals surface area contributed by atoms with Gasteiger partial charge in [0.05, 0.1) is 17.5 Å². The maximum Gasteiger partial charge on any atom is 0.255 e. The van der Waals surface area contributed by atoms with Gasteiger partial charge < -0.3 is 10.2 Å². The van der Waals surface area contributed by atoms with Gasteiger partial charge in [0.25, 0.3) is 5.91 Å². The molecular weight excluding hydrogens is 314 g/mol. The zero-order valence-electron chi connectivity index (χ0n) is 15.3. The quantitative estimate of drug-likeness (QED) is 0.907. The second-order valence-corrected chi connectivity index (χ2v) is 7.12. The first-order valence-electron chi connectivity index (χ1n) is 9.04. The van der Waals surface area contributed by atoms with Crippen molar-refractivity contribution < 1.29 is 4.79 Å². The molecule has 6 nitrogen and oxygen atoms in total. The second kappa shape index (κ2) is 7.78. The number of hydrogen-bond acceptors (Lipinski definition) is 4. The molecule has 25 heavy (non-hydrogen) atoms. The first-order valence-corrected chi connectivity index (χ1v) is 9.04. The third kappa shape index (κ3) is 4.25. The van der Waals surface area contributed by atoms with E-state index in [9.17, 15) is 4.79 Å². The summed E-state index contributed by atoms with van der Waals surface area (Å²) >= 11 is 0. The van der Waals surface area contributed by atoms with Crippen molar-refractivity contribution in [3.8, 4) is 5.82 Å². The fourth-order valence-electron chi connectivity index (χ4n) is 3.53. The van der Waals surface area contributed by atoms with Gasteiger partial charge in [-0.2, -0.15) is 5.10 Å². The average Bonchev–Trinajstić information content (AvgIpc) is 2.97. The van der Waals surface area contributed by atoms with E-state index in [2.05, 4.69) is 34.1 Å². The van der Waals surface area contributed by atoms with E-state index in [-0.39, 0.29) is 11.9 Å². The van der Waals surface area contributed by atoms with Crippen LogP contribution in [-0.2, 0) is 0 Å². The molecule has 2 atom stereocenters. The lowest BCUT2D eigenvalue weighted by Crippen LogP contribution is -2.45. The number of nitrogens with zero attached hydrogens (tertiary/aromatic N) is 4. The van der Waals surface area contributed by atoms with Gasteiger partial charge in [0, 0.05) is 25.3 Å². The number of carbonyl (C=O) groups is 1. The third-order valence-corrected chi connectivity index (χ3v) is 4.77. The van der Waals surface area contributed by atoms with Crippen molar-refractivity contribution in [1.82, 2.24) is 25.0 Å². The number of aromatic nitrogens is 3. The minimum absolute atomic E-state index is 0.0720. The van der Waals surface area contributed by atoms with Crippen molar-refractivity contribution in [1.29, 1.82) is 0 Å². The molecule has 3 heterocycles. The standard InChI is InChI=1S/C19H27N5O/c1-14-7-6-10-23(12-14)13-15(2)22-19(25)17-11-21-24(16(17)3)18-8-4-5-9-20-18/h4-5,8-9,11,14-15H,6-7,10,12-13H2,1-3H3,(H,22,25). The Balaban J connectivity index is 1.62. The van der Waals surface area contributed by atoms with E-state index in [4.69, 9.17) is 0 Å². The Morgan fingerprint density at radius 1 is 1.44 bits per heavy atom. The molecule has 3 rings (SSSR count). The smallest absolute Gasteiger partial charge is 0.255 e. The van der Waals surface area contributed by atoms with Crippen LogP contribution in [0.25, 0.3) is 5.82 Å². The normalized spacial score (nSPS) is 19.6. The Morgan fingerprint density at radius 3 is 3.00 bits per heavy atom. The number of amides is 1. The van der Waals surface area contributed by atoms with Crippen LogP contribution >= 0.6 is 0 Å². The van der Waals surface area contributed by atoms with E-state index >= 15 is 0 Å². The zero-order chi connectivity index (χ0) is 17.8. The van der Waals surface area contributed by atoms with Crippen LogP contribution in [0.4, 0.5) is 0 Å². The molecule has 2 unspecified atom stereocenters. The molecule has 1 aliphatic heterocycles. The maximum absolute atomic E-state index is 12.6. The van der Waals surface area contributed by atoms with Crippen molar-refractivity contribution in [2.24, 2.45) is 5.92 Å². The highest BCUT2D eigenvalue weighted by atomic mass is 16.1. The monoisotopic (exact) mass is 341 g/mol. The van der Waals surface area contributed by atoms with Crippen LogP contribution in [0.2, 0.25) is 0 Å². The molecule has 1 saturated heterocycles. The van der Waals surface area contributed by atoms with Crippen LogP contribution in [-0.4, -0.2) is 51.2 Å². The Morgan fingerprint density at radius 2 is 2.28 bits per heavy atom. The molecule has 0 saturated carbocycles. The summed E-state index contributed by atoms with van der Waals surface area (Å²) in [6, 6.07) is 5.75. The molecule has 0 bridgehead atoms. The molecular formula is C19H27N5O. The van der Waals surface area contributed by atoms with Gasteiger partial charge in [0.15, 0.2) is 5.82 Å². The topological polar surface area (TPSA) is 63.1 Å². The average molecular weight is 341 g/mol. The van der Waals surface area contributed by atoms with E-state index in [1.807, 2.05) is 25.1 Å². The third-order valence-electron chi connectivity index (χ3n) is 4.77. The van der Waals surface area contributed by atoms with E-state index in [0.29, 0.717) is 5.56 Å². The summed E-state index contributed by atoms with van der Waals surface area (Å²) in [5, 5.41) is 7.43. The lowest BCUT2D eigenvalue weighted by atomic mass is 10.00. The summed E-state index contributed by atoms with van der Waals surface area (Å²) in [4.78, 5) is 19.4. The summed E-state index contributed by atoms with van der Waals surface area (Å²) in [5.41, 5.74) is 1.40. The fraction of sp³-hybridized carbons (Fsp3) is 0.526. The van der Waals surface area contributed by atoms with Gasteiger partial charge in [-0.05, 0) is 51.3 Å². The first kappa shape index (κ1) is 17.6. The van der Waals surface area contributed by atoms with Crippen LogP contribution in [0.3, 0.4) is 0 Å². The van der Waals surface area contributed by atoms with Gasteiger partial charge in [-0.25, -0.2) is 9.67 Å². The van der Waals surface area contributed by atoms with E-state index in [1.54, 1.807) is 17.1 Å². The van der Waals surface area contributed by atoms with Crippen molar-refractivity contribution in [3.05, 3.63) is 41.9 Å². The van der Waals surface area contributed by atoms with Crippen LogP contribution in [0.15, 0.2) is 30.6 Å². The molecule has 134 valence electrons. The first-order chi connectivity index (χ1) is 12.0. The predicted molar refractivity (Wildman–Crippen MR) is 97.9 cm³/mol. The molecule has 1 aliphatic rings. The van der Waals surface area contributed by atoms with Crippen LogP contribution in [0.5, 0.6) is 0 Å². The highest BCUT2D eigenvalue weighted by Crippen LogP contribution is 2.16. The summed E-state index contributed by atoms with van der Waals surface area (Å²) in [6.45, 7) is 9.40. The molecule has 1 amide bonds. The number of pyridine rings is 1. The summed E-state index contributed by atoms with van der Waals surface area (Å²) in [5.74, 6) is 1.39. The van der Waals surface area contributed by atoms with Gasteiger partial charge in [0.1, 0.15) is 0 Å². The van der Waals surface area contributed by atoms with Gasteiger partial charge in [0.2, 0.25) is 0 Å². The molecule has 1 N–H and O–H groups in total. The van der Waals surface area contributed by atoms with Gasteiger partial charge in [-0.1, -0.05) is 13.0 Å². The minimum Gasteiger partial charge on any atom is -0.348 e. The highest BCUT2D eigenvalue weighted by Gasteiger charge is 2.21. The second-order valence-electron chi connectivity index (χ2n) is 7.12. The van der Waals surface area contributed by atoms with Crippen molar-refractivity contribution in [2.75, 3.05) is 19.6 Å². The summed E-state index contributed by atoms with van der Waals surface area (Å²) in [6.07, 6.45) is 5.90. The largest absolute Gasteiger partial charge is 0.348 e. The number of piperidine rings is 1. The van der Waals surface area contributed by atoms with Gasteiger partial charge in [-0.3, -0.25) is 4.79 Å². The van der Waals surface area contributed by atoms with E-state index in [0.717, 1.165) is 37.1 Å². The lowest BCUT2D eigenvalue weighted by Gasteiger charge is -2.32. The predicted octanol–water partition coefficient (Wildman–Crippen LogP) is 2.43. The maximum atomic E-state index is 12.6. The highest BCUT2D eigenvalue weighted by molar-refractivity contribution is 5.95. The van der Waals surface area contributed by atoms with Crippen molar-refractivity contribution >= 4 is 5.91 Å². The Kier molecular flexibility index (Phi) is 5.48. The minimum atomic E-state index is -0.0720. The SMILES string of the molecule is Cc1c(C(=O)NC(C)CN2CCCC(C)C2)cnn1-c1ccccn1. The molecule has 0 radical (unpaired) electrons. The van der Waals surface area contributed by atoms with Crippen LogP contribution in [0, 0.1) is 12.8 Å². The Hall–Kier alpha value is -2.21. The van der Waals surface area contributed by atoms with E-state index in [1.165, 1.54) is 12.8 Å².